The van der Waals surface area contributed by atoms with Gasteiger partial charge in [0.05, 0.1) is 13.1 Å². The molecular formula is C17H25F3IN5O. The van der Waals surface area contributed by atoms with Gasteiger partial charge in [-0.25, -0.2) is 0 Å². The third kappa shape index (κ3) is 9.27. The number of rotatable bonds is 6. The third-order valence-electron chi connectivity index (χ3n) is 3.99. The Hall–Kier alpha value is -1.56. The molecule has 1 aromatic carbocycles. The van der Waals surface area contributed by atoms with Crippen molar-refractivity contribution in [3.63, 3.8) is 0 Å². The van der Waals surface area contributed by atoms with Crippen molar-refractivity contribution in [1.29, 1.82) is 0 Å². The van der Waals surface area contributed by atoms with Gasteiger partial charge in [-0.3, -0.25) is 14.7 Å². The highest BCUT2D eigenvalue weighted by Crippen LogP contribution is 2.19. The summed E-state index contributed by atoms with van der Waals surface area (Å²) in [6.45, 7) is 0.235. The lowest BCUT2D eigenvalue weighted by atomic mass is 10.2. The third-order valence-corrected chi connectivity index (χ3v) is 3.99. The molecule has 2 rings (SSSR count). The van der Waals surface area contributed by atoms with E-state index in [1.54, 1.807) is 7.05 Å². The fourth-order valence-electron chi connectivity index (χ4n) is 2.76. The van der Waals surface area contributed by atoms with Crippen LogP contribution in [-0.2, 0) is 11.3 Å². The van der Waals surface area contributed by atoms with Gasteiger partial charge in [0.2, 0.25) is 5.91 Å². The topological polar surface area (TPSA) is 68.8 Å². The Balaban J connectivity index is 0.00000364. The van der Waals surface area contributed by atoms with Crippen molar-refractivity contribution in [2.24, 2.45) is 4.99 Å². The number of hydrogen-bond acceptors (Lipinski definition) is 3. The standard InChI is InChI=1S/C17H24F3N5O.HI/c1-21-16(24-14-7-8-25(11-14)12-17(18,19)20)23-10-15(26)22-9-13-5-3-2-4-6-13;/h2-6,14H,7-12H2,1H3,(H,22,26)(H2,21,23,24);1H. The lowest BCUT2D eigenvalue weighted by Gasteiger charge is -2.19. The van der Waals surface area contributed by atoms with Gasteiger partial charge in [0.1, 0.15) is 0 Å². The van der Waals surface area contributed by atoms with Gasteiger partial charge in [0.25, 0.3) is 0 Å². The van der Waals surface area contributed by atoms with Gasteiger partial charge in [-0.15, -0.1) is 24.0 Å². The lowest BCUT2D eigenvalue weighted by molar-refractivity contribution is -0.143. The van der Waals surface area contributed by atoms with Crippen LogP contribution in [0.15, 0.2) is 35.3 Å². The van der Waals surface area contributed by atoms with Gasteiger partial charge in [-0.05, 0) is 12.0 Å². The fourth-order valence-corrected chi connectivity index (χ4v) is 2.76. The molecule has 152 valence electrons. The zero-order chi connectivity index (χ0) is 19.0. The quantitative estimate of drug-likeness (QED) is 0.317. The zero-order valence-corrected chi connectivity index (χ0v) is 17.4. The van der Waals surface area contributed by atoms with Gasteiger partial charge < -0.3 is 16.0 Å². The molecular weight excluding hydrogens is 474 g/mol. The van der Waals surface area contributed by atoms with Crippen molar-refractivity contribution >= 4 is 35.8 Å². The van der Waals surface area contributed by atoms with Crippen molar-refractivity contribution in [3.05, 3.63) is 35.9 Å². The van der Waals surface area contributed by atoms with Crippen LogP contribution in [0, 0.1) is 0 Å². The number of alkyl halides is 3. The highest BCUT2D eigenvalue weighted by Gasteiger charge is 2.34. The first-order valence-corrected chi connectivity index (χ1v) is 8.42. The Morgan fingerprint density at radius 2 is 1.96 bits per heavy atom. The number of carbonyl (C=O) groups is 1. The Morgan fingerprint density at radius 1 is 1.26 bits per heavy atom. The number of halogens is 4. The smallest absolute Gasteiger partial charge is 0.352 e. The van der Waals surface area contributed by atoms with Crippen LogP contribution in [-0.4, -0.2) is 62.2 Å². The molecule has 0 aromatic heterocycles. The summed E-state index contributed by atoms with van der Waals surface area (Å²) in [7, 11) is 1.56. The Labute approximate surface area is 174 Å². The number of amides is 1. The number of carbonyl (C=O) groups excluding carboxylic acids is 1. The van der Waals surface area contributed by atoms with Crippen molar-refractivity contribution in [2.75, 3.05) is 33.2 Å². The second-order valence-electron chi connectivity index (χ2n) is 6.17. The van der Waals surface area contributed by atoms with Gasteiger partial charge in [0.15, 0.2) is 5.96 Å². The molecule has 1 aliphatic rings. The molecule has 1 aromatic rings. The van der Waals surface area contributed by atoms with Gasteiger partial charge in [-0.2, -0.15) is 13.2 Å². The average molecular weight is 499 g/mol. The molecule has 1 aliphatic heterocycles. The number of guanidine groups is 1. The molecule has 0 radical (unpaired) electrons. The zero-order valence-electron chi connectivity index (χ0n) is 15.1. The SMILES string of the molecule is CN=C(NCC(=O)NCc1ccccc1)NC1CCN(CC(F)(F)F)C1.I. The largest absolute Gasteiger partial charge is 0.401 e. The molecule has 1 heterocycles. The maximum atomic E-state index is 12.4. The number of nitrogens with zero attached hydrogens (tertiary/aromatic N) is 2. The monoisotopic (exact) mass is 499 g/mol. The summed E-state index contributed by atoms with van der Waals surface area (Å²) in [5, 5.41) is 8.73. The highest BCUT2D eigenvalue weighted by atomic mass is 127. The average Bonchev–Trinajstić information content (AvgIpc) is 3.02. The van der Waals surface area contributed by atoms with E-state index in [1.165, 1.54) is 4.90 Å². The van der Waals surface area contributed by atoms with Crippen LogP contribution >= 0.6 is 24.0 Å². The van der Waals surface area contributed by atoms with Crippen LogP contribution in [0.1, 0.15) is 12.0 Å². The van der Waals surface area contributed by atoms with Crippen molar-refractivity contribution in [3.8, 4) is 0 Å². The minimum Gasteiger partial charge on any atom is -0.352 e. The lowest BCUT2D eigenvalue weighted by Crippen LogP contribution is -2.47. The molecule has 10 heteroatoms. The second kappa shape index (κ2) is 11.3. The van der Waals surface area contributed by atoms with Gasteiger partial charge in [0, 0.05) is 32.7 Å². The Bertz CT molecular complexity index is 612. The Kier molecular flexibility index (Phi) is 9.84. The van der Waals surface area contributed by atoms with E-state index in [-0.39, 0.29) is 42.5 Å². The minimum absolute atomic E-state index is 0. The van der Waals surface area contributed by atoms with Crippen molar-refractivity contribution in [2.45, 2.75) is 25.2 Å². The molecule has 0 spiro atoms. The van der Waals surface area contributed by atoms with Crippen LogP contribution in [0.4, 0.5) is 13.2 Å². The number of aliphatic imine (C=N–C) groups is 1. The summed E-state index contributed by atoms with van der Waals surface area (Å²) >= 11 is 0. The molecule has 1 fully saturated rings. The van der Waals surface area contributed by atoms with E-state index < -0.39 is 12.7 Å². The first-order valence-electron chi connectivity index (χ1n) is 8.42. The van der Waals surface area contributed by atoms with E-state index in [0.717, 1.165) is 5.56 Å². The van der Waals surface area contributed by atoms with E-state index in [2.05, 4.69) is 20.9 Å². The molecule has 3 N–H and O–H groups in total. The molecule has 1 atom stereocenters. The summed E-state index contributed by atoms with van der Waals surface area (Å²) in [6.07, 6.45) is -3.59. The fraction of sp³-hybridized carbons (Fsp3) is 0.529. The summed E-state index contributed by atoms with van der Waals surface area (Å²) in [4.78, 5) is 17.3. The van der Waals surface area contributed by atoms with Crippen LogP contribution in [0.5, 0.6) is 0 Å². The molecule has 0 saturated carbocycles. The number of hydrogen-bond donors (Lipinski definition) is 3. The summed E-state index contributed by atoms with van der Waals surface area (Å²) in [5.74, 6) is 0.209. The van der Waals surface area contributed by atoms with Gasteiger partial charge >= 0.3 is 6.18 Å². The molecule has 1 amide bonds. The predicted octanol–water partition coefficient (Wildman–Crippen LogP) is 1.72. The second-order valence-corrected chi connectivity index (χ2v) is 6.17. The van der Waals surface area contributed by atoms with E-state index in [9.17, 15) is 18.0 Å². The predicted molar refractivity (Wildman–Crippen MR) is 109 cm³/mol. The molecule has 1 saturated heterocycles. The molecule has 0 bridgehead atoms. The highest BCUT2D eigenvalue weighted by molar-refractivity contribution is 14.0. The van der Waals surface area contributed by atoms with E-state index in [1.807, 2.05) is 30.3 Å². The minimum atomic E-state index is -4.19. The van der Waals surface area contributed by atoms with E-state index in [4.69, 9.17) is 0 Å². The maximum Gasteiger partial charge on any atom is 0.401 e. The van der Waals surface area contributed by atoms with Crippen LogP contribution in [0.3, 0.4) is 0 Å². The summed E-state index contributed by atoms with van der Waals surface area (Å²) < 4.78 is 37.3. The Morgan fingerprint density at radius 3 is 2.59 bits per heavy atom. The molecule has 27 heavy (non-hydrogen) atoms. The normalized spacial score (nSPS) is 17.9. The first kappa shape index (κ1) is 23.5. The molecule has 0 aliphatic carbocycles. The first-order chi connectivity index (χ1) is 12.4. The number of nitrogens with one attached hydrogen (secondary N) is 3. The van der Waals surface area contributed by atoms with Crippen LogP contribution in [0.2, 0.25) is 0 Å². The van der Waals surface area contributed by atoms with Gasteiger partial charge in [-0.1, -0.05) is 30.3 Å². The van der Waals surface area contributed by atoms with E-state index in [0.29, 0.717) is 32.0 Å². The van der Waals surface area contributed by atoms with E-state index >= 15 is 0 Å². The molecule has 6 nitrogen and oxygen atoms in total. The molecule has 1 unspecified atom stereocenters. The number of benzene rings is 1. The van der Waals surface area contributed by atoms with Crippen LogP contribution in [0.25, 0.3) is 0 Å². The van der Waals surface area contributed by atoms with Crippen molar-refractivity contribution < 1.29 is 18.0 Å². The summed E-state index contributed by atoms with van der Waals surface area (Å²) in [5.41, 5.74) is 0.999. The summed E-state index contributed by atoms with van der Waals surface area (Å²) in [6, 6.07) is 9.41. The van der Waals surface area contributed by atoms with Crippen LogP contribution < -0.4 is 16.0 Å². The van der Waals surface area contributed by atoms with Crippen molar-refractivity contribution in [1.82, 2.24) is 20.9 Å². The maximum absolute atomic E-state index is 12.4. The number of likely N-dealkylation sites (tertiary alicyclic amines) is 1.